The van der Waals surface area contributed by atoms with Crippen molar-refractivity contribution in [2.45, 2.75) is 57.9 Å². The Balaban J connectivity index is 2.36. The number of amides is 2. The highest BCUT2D eigenvalue weighted by atomic mass is 16.2. The fourth-order valence-corrected chi connectivity index (χ4v) is 2.25. The topological polar surface area (TPSA) is 72.2 Å². The number of primary amides is 1. The summed E-state index contributed by atoms with van der Waals surface area (Å²) in [5.74, 6) is -0.710. The molecule has 0 heterocycles. The molecule has 0 radical (unpaired) electrons. The molecule has 0 bridgehead atoms. The summed E-state index contributed by atoms with van der Waals surface area (Å²) < 4.78 is 0. The van der Waals surface area contributed by atoms with Gasteiger partial charge in [0, 0.05) is 5.56 Å². The molecule has 0 aliphatic heterocycles. The minimum Gasteiger partial charge on any atom is -0.368 e. The van der Waals surface area contributed by atoms with Crippen molar-refractivity contribution in [2.24, 2.45) is 5.73 Å². The van der Waals surface area contributed by atoms with E-state index in [4.69, 9.17) is 5.73 Å². The average Bonchev–Trinajstić information content (AvgIpc) is 2.50. The number of benzene rings is 1. The highest BCUT2D eigenvalue weighted by Crippen LogP contribution is 2.09. The molecule has 1 atom stereocenters. The smallest absolute Gasteiger partial charge is 0.251 e. The van der Waals surface area contributed by atoms with Crippen molar-refractivity contribution in [3.8, 4) is 0 Å². The first-order chi connectivity index (χ1) is 10.1. The molecule has 0 spiro atoms. The minimum absolute atomic E-state index is 0.245. The van der Waals surface area contributed by atoms with Crippen LogP contribution in [0.5, 0.6) is 0 Å². The highest BCUT2D eigenvalue weighted by molar-refractivity contribution is 5.97. The number of hydrogen-bond acceptors (Lipinski definition) is 2. The van der Waals surface area contributed by atoms with Crippen molar-refractivity contribution in [2.75, 3.05) is 0 Å². The standard InChI is InChI=1S/C17H26N2O2/c1-2-3-4-5-6-10-13-15(16(18)20)19-17(21)14-11-8-7-9-12-14/h7-9,11-12,15H,2-6,10,13H2,1H3,(H2,18,20)(H,19,21)/t15-/m1/s1. The lowest BCUT2D eigenvalue weighted by molar-refractivity contribution is -0.120. The summed E-state index contributed by atoms with van der Waals surface area (Å²) in [6.45, 7) is 2.18. The molecule has 0 aliphatic carbocycles. The first kappa shape index (κ1) is 17.2. The van der Waals surface area contributed by atoms with Crippen LogP contribution in [0.15, 0.2) is 30.3 Å². The van der Waals surface area contributed by atoms with Gasteiger partial charge in [0.25, 0.3) is 5.91 Å². The van der Waals surface area contributed by atoms with Gasteiger partial charge in [0.1, 0.15) is 6.04 Å². The van der Waals surface area contributed by atoms with Crippen LogP contribution in [0.2, 0.25) is 0 Å². The van der Waals surface area contributed by atoms with E-state index in [9.17, 15) is 9.59 Å². The fraction of sp³-hybridized carbons (Fsp3) is 0.529. The predicted octanol–water partition coefficient (Wildman–Crippen LogP) is 3.02. The van der Waals surface area contributed by atoms with Gasteiger partial charge in [-0.25, -0.2) is 0 Å². The molecule has 1 aromatic carbocycles. The lowest BCUT2D eigenvalue weighted by Crippen LogP contribution is -2.44. The van der Waals surface area contributed by atoms with E-state index in [1.165, 1.54) is 25.7 Å². The summed E-state index contributed by atoms with van der Waals surface area (Å²) in [6, 6.07) is 8.29. The molecule has 3 N–H and O–H groups in total. The van der Waals surface area contributed by atoms with Gasteiger partial charge in [0.15, 0.2) is 0 Å². The number of nitrogens with two attached hydrogens (primary N) is 1. The van der Waals surface area contributed by atoms with Gasteiger partial charge in [-0.15, -0.1) is 0 Å². The number of nitrogens with one attached hydrogen (secondary N) is 1. The molecule has 116 valence electrons. The van der Waals surface area contributed by atoms with E-state index in [-0.39, 0.29) is 5.91 Å². The second-order valence-electron chi connectivity index (χ2n) is 5.35. The molecule has 0 saturated heterocycles. The number of hydrogen-bond donors (Lipinski definition) is 2. The molecule has 1 aromatic rings. The summed E-state index contributed by atoms with van der Waals surface area (Å²) >= 11 is 0. The predicted molar refractivity (Wildman–Crippen MR) is 84.9 cm³/mol. The van der Waals surface area contributed by atoms with Crippen LogP contribution in [-0.2, 0) is 4.79 Å². The minimum atomic E-state index is -0.580. The zero-order valence-electron chi connectivity index (χ0n) is 12.8. The summed E-state index contributed by atoms with van der Waals surface area (Å²) in [7, 11) is 0. The Hall–Kier alpha value is -1.84. The van der Waals surface area contributed by atoms with Crippen LogP contribution in [-0.4, -0.2) is 17.9 Å². The van der Waals surface area contributed by atoms with Crippen LogP contribution in [0.4, 0.5) is 0 Å². The van der Waals surface area contributed by atoms with E-state index in [2.05, 4.69) is 12.2 Å². The largest absolute Gasteiger partial charge is 0.368 e. The van der Waals surface area contributed by atoms with Gasteiger partial charge in [0.2, 0.25) is 5.91 Å². The van der Waals surface area contributed by atoms with Gasteiger partial charge in [-0.1, -0.05) is 63.6 Å². The van der Waals surface area contributed by atoms with Crippen LogP contribution < -0.4 is 11.1 Å². The van der Waals surface area contributed by atoms with Crippen LogP contribution >= 0.6 is 0 Å². The van der Waals surface area contributed by atoms with E-state index in [1.54, 1.807) is 24.3 Å². The Bertz CT molecular complexity index is 432. The number of rotatable bonds is 10. The maximum Gasteiger partial charge on any atom is 0.251 e. The molecule has 4 heteroatoms. The fourth-order valence-electron chi connectivity index (χ4n) is 2.25. The molecular formula is C17H26N2O2. The molecule has 0 saturated carbocycles. The molecular weight excluding hydrogens is 264 g/mol. The molecule has 2 amide bonds. The monoisotopic (exact) mass is 290 g/mol. The number of carbonyl (C=O) groups excluding carboxylic acids is 2. The van der Waals surface area contributed by atoms with Crippen LogP contribution in [0.1, 0.15) is 62.2 Å². The maximum atomic E-state index is 12.0. The second-order valence-corrected chi connectivity index (χ2v) is 5.35. The van der Waals surface area contributed by atoms with Gasteiger partial charge in [0.05, 0.1) is 0 Å². The molecule has 21 heavy (non-hydrogen) atoms. The Labute approximate surface area is 127 Å². The molecule has 0 fully saturated rings. The molecule has 0 unspecified atom stereocenters. The molecule has 0 aromatic heterocycles. The van der Waals surface area contributed by atoms with Gasteiger partial charge in [-0.2, -0.15) is 0 Å². The molecule has 0 aliphatic rings. The van der Waals surface area contributed by atoms with Gasteiger partial charge >= 0.3 is 0 Å². The summed E-state index contributed by atoms with van der Waals surface area (Å²) in [5, 5.41) is 2.72. The zero-order valence-corrected chi connectivity index (χ0v) is 12.8. The van der Waals surface area contributed by atoms with E-state index in [1.807, 2.05) is 6.07 Å². The van der Waals surface area contributed by atoms with E-state index < -0.39 is 11.9 Å². The third kappa shape index (κ3) is 6.93. The second kappa shape index (κ2) is 9.97. The van der Waals surface area contributed by atoms with Crippen LogP contribution in [0.3, 0.4) is 0 Å². The van der Waals surface area contributed by atoms with Crippen molar-refractivity contribution in [1.29, 1.82) is 0 Å². The number of carbonyl (C=O) groups is 2. The Morgan fingerprint density at radius 2 is 1.67 bits per heavy atom. The molecule has 1 rings (SSSR count). The quantitative estimate of drug-likeness (QED) is 0.650. The van der Waals surface area contributed by atoms with Crippen molar-refractivity contribution < 1.29 is 9.59 Å². The van der Waals surface area contributed by atoms with Crippen molar-refractivity contribution in [1.82, 2.24) is 5.32 Å². The Morgan fingerprint density at radius 1 is 1.05 bits per heavy atom. The first-order valence-corrected chi connectivity index (χ1v) is 7.80. The Kier molecular flexibility index (Phi) is 8.17. The first-order valence-electron chi connectivity index (χ1n) is 7.80. The maximum absolute atomic E-state index is 12.0. The van der Waals surface area contributed by atoms with Gasteiger partial charge in [-0.05, 0) is 18.6 Å². The van der Waals surface area contributed by atoms with Crippen molar-refractivity contribution >= 4 is 11.8 Å². The van der Waals surface area contributed by atoms with Gasteiger partial charge in [-0.3, -0.25) is 9.59 Å². The third-order valence-corrected chi connectivity index (χ3v) is 3.53. The lowest BCUT2D eigenvalue weighted by Gasteiger charge is -2.15. The number of unbranched alkanes of at least 4 members (excludes halogenated alkanes) is 5. The average molecular weight is 290 g/mol. The lowest BCUT2D eigenvalue weighted by atomic mass is 10.0. The third-order valence-electron chi connectivity index (χ3n) is 3.53. The van der Waals surface area contributed by atoms with Crippen molar-refractivity contribution in [3.05, 3.63) is 35.9 Å². The summed E-state index contributed by atoms with van der Waals surface area (Å²) in [5.41, 5.74) is 5.92. The van der Waals surface area contributed by atoms with Crippen molar-refractivity contribution in [3.63, 3.8) is 0 Å². The summed E-state index contributed by atoms with van der Waals surface area (Å²) in [6.07, 6.45) is 7.47. The normalized spacial score (nSPS) is 11.9. The van der Waals surface area contributed by atoms with Crippen LogP contribution in [0, 0.1) is 0 Å². The SMILES string of the molecule is CCCCCCCC[C@@H](NC(=O)c1ccccc1)C(N)=O. The van der Waals surface area contributed by atoms with E-state index in [0.717, 1.165) is 12.8 Å². The zero-order chi connectivity index (χ0) is 15.5. The van der Waals surface area contributed by atoms with Crippen LogP contribution in [0.25, 0.3) is 0 Å². The van der Waals surface area contributed by atoms with E-state index >= 15 is 0 Å². The molecule has 4 nitrogen and oxygen atoms in total. The highest BCUT2D eigenvalue weighted by Gasteiger charge is 2.18. The Morgan fingerprint density at radius 3 is 2.29 bits per heavy atom. The van der Waals surface area contributed by atoms with E-state index in [0.29, 0.717) is 12.0 Å². The summed E-state index contributed by atoms with van der Waals surface area (Å²) in [4.78, 5) is 23.5. The van der Waals surface area contributed by atoms with Gasteiger partial charge < -0.3 is 11.1 Å².